The molecule has 2 heterocycles. The van der Waals surface area contributed by atoms with Crippen LogP contribution in [0, 0.1) is 11.8 Å². The summed E-state index contributed by atoms with van der Waals surface area (Å²) >= 11 is 0. The lowest BCUT2D eigenvalue weighted by Gasteiger charge is -2.43. The van der Waals surface area contributed by atoms with Crippen molar-refractivity contribution in [2.24, 2.45) is 18.9 Å². The molecule has 2 atom stereocenters. The molecular weight excluding hydrogens is 238 g/mol. The molecule has 108 valence electrons. The molecule has 1 aromatic heterocycles. The second kappa shape index (κ2) is 6.01. The van der Waals surface area contributed by atoms with Gasteiger partial charge in [0.2, 0.25) is 0 Å². The van der Waals surface area contributed by atoms with Crippen molar-refractivity contribution >= 4 is 0 Å². The maximum atomic E-state index is 4.36. The Labute approximate surface area is 116 Å². The van der Waals surface area contributed by atoms with E-state index in [2.05, 4.69) is 48.0 Å². The molecule has 5 nitrogen and oxygen atoms in total. The highest BCUT2D eigenvalue weighted by Gasteiger charge is 2.31. The third-order valence-corrected chi connectivity index (χ3v) is 4.21. The first kappa shape index (κ1) is 14.5. The first-order valence-electron chi connectivity index (χ1n) is 7.29. The van der Waals surface area contributed by atoms with Crippen LogP contribution in [0.15, 0.2) is 6.33 Å². The molecule has 1 saturated heterocycles. The smallest absolute Gasteiger partial charge is 0.140 e. The molecule has 5 heteroatoms. The van der Waals surface area contributed by atoms with Crippen molar-refractivity contribution in [1.29, 1.82) is 0 Å². The van der Waals surface area contributed by atoms with Crippen molar-refractivity contribution in [3.63, 3.8) is 0 Å². The third-order valence-electron chi connectivity index (χ3n) is 4.21. The first-order chi connectivity index (χ1) is 8.99. The number of rotatable bonds is 4. The van der Waals surface area contributed by atoms with Crippen LogP contribution >= 0.6 is 0 Å². The quantitative estimate of drug-likeness (QED) is 0.890. The average Bonchev–Trinajstić information content (AvgIpc) is 2.74. The zero-order valence-corrected chi connectivity index (χ0v) is 12.8. The summed E-state index contributed by atoms with van der Waals surface area (Å²) in [6.07, 6.45) is 1.64. The molecule has 1 fully saturated rings. The van der Waals surface area contributed by atoms with Gasteiger partial charge in [-0.3, -0.25) is 9.58 Å². The van der Waals surface area contributed by atoms with Gasteiger partial charge in [-0.05, 0) is 11.8 Å². The van der Waals surface area contributed by atoms with Crippen molar-refractivity contribution in [2.75, 3.05) is 13.1 Å². The second-order valence-electron chi connectivity index (χ2n) is 6.30. The number of hydrogen-bond donors (Lipinski definition) is 1. The Morgan fingerprint density at radius 3 is 2.58 bits per heavy atom. The minimum atomic E-state index is 0.572. The standard InChI is InChI=1S/C14H27N5/c1-10(2)12-7-19(13(6-15-12)11(3)4)8-14-16-9-17-18(14)5/h9-13,15H,6-8H2,1-5H3. The van der Waals surface area contributed by atoms with Crippen LogP contribution in [0.4, 0.5) is 0 Å². The molecule has 0 radical (unpaired) electrons. The lowest BCUT2D eigenvalue weighted by atomic mass is 9.94. The van der Waals surface area contributed by atoms with E-state index in [0.717, 1.165) is 25.5 Å². The summed E-state index contributed by atoms with van der Waals surface area (Å²) in [6.45, 7) is 12.2. The van der Waals surface area contributed by atoms with E-state index in [-0.39, 0.29) is 0 Å². The van der Waals surface area contributed by atoms with Gasteiger partial charge in [-0.1, -0.05) is 27.7 Å². The van der Waals surface area contributed by atoms with E-state index in [1.807, 2.05) is 11.7 Å². The highest BCUT2D eigenvalue weighted by molar-refractivity contribution is 4.93. The molecule has 1 N–H and O–H groups in total. The van der Waals surface area contributed by atoms with Crippen LogP contribution in [0.2, 0.25) is 0 Å². The molecule has 0 saturated carbocycles. The molecule has 0 spiro atoms. The number of hydrogen-bond acceptors (Lipinski definition) is 4. The van der Waals surface area contributed by atoms with Gasteiger partial charge in [-0.25, -0.2) is 4.98 Å². The number of piperazine rings is 1. The van der Waals surface area contributed by atoms with Crippen molar-refractivity contribution < 1.29 is 0 Å². The molecule has 2 unspecified atom stereocenters. The van der Waals surface area contributed by atoms with Gasteiger partial charge in [0.15, 0.2) is 0 Å². The van der Waals surface area contributed by atoms with Gasteiger partial charge < -0.3 is 5.32 Å². The minimum Gasteiger partial charge on any atom is -0.311 e. The first-order valence-corrected chi connectivity index (χ1v) is 7.29. The number of nitrogens with one attached hydrogen (secondary N) is 1. The molecule has 2 rings (SSSR count). The normalized spacial score (nSPS) is 25.4. The minimum absolute atomic E-state index is 0.572. The van der Waals surface area contributed by atoms with Gasteiger partial charge in [0.25, 0.3) is 0 Å². The number of aromatic nitrogens is 3. The fraction of sp³-hybridized carbons (Fsp3) is 0.857. The predicted octanol–water partition coefficient (Wildman–Crippen LogP) is 1.27. The summed E-state index contributed by atoms with van der Waals surface area (Å²) < 4.78 is 1.88. The van der Waals surface area contributed by atoms with Gasteiger partial charge in [-0.15, -0.1) is 0 Å². The SMILES string of the molecule is CC(C)C1CN(Cc2ncnn2C)C(C(C)C)CN1. The Kier molecular flexibility index (Phi) is 4.58. The maximum Gasteiger partial charge on any atom is 0.140 e. The Morgan fingerprint density at radius 2 is 2.05 bits per heavy atom. The number of aryl methyl sites for hydroxylation is 1. The lowest BCUT2D eigenvalue weighted by molar-refractivity contribution is 0.0749. The van der Waals surface area contributed by atoms with E-state index in [4.69, 9.17) is 0 Å². The van der Waals surface area contributed by atoms with Crippen molar-refractivity contribution in [2.45, 2.75) is 46.3 Å². The average molecular weight is 265 g/mol. The Bertz CT molecular complexity index is 398. The molecule has 0 bridgehead atoms. The molecule has 1 aromatic rings. The van der Waals surface area contributed by atoms with Crippen LogP contribution in [0.25, 0.3) is 0 Å². The monoisotopic (exact) mass is 265 g/mol. The van der Waals surface area contributed by atoms with Crippen LogP contribution < -0.4 is 5.32 Å². The highest BCUT2D eigenvalue weighted by atomic mass is 15.3. The van der Waals surface area contributed by atoms with E-state index in [9.17, 15) is 0 Å². The van der Waals surface area contributed by atoms with Gasteiger partial charge in [0, 0.05) is 32.2 Å². The van der Waals surface area contributed by atoms with Gasteiger partial charge in [0.05, 0.1) is 6.54 Å². The van der Waals surface area contributed by atoms with Crippen LogP contribution in [-0.4, -0.2) is 44.8 Å². The Hall–Kier alpha value is -0.940. The topological polar surface area (TPSA) is 46.0 Å². The Morgan fingerprint density at radius 1 is 1.32 bits per heavy atom. The maximum absolute atomic E-state index is 4.36. The fourth-order valence-electron chi connectivity index (χ4n) is 2.78. The van der Waals surface area contributed by atoms with Crippen LogP contribution in [-0.2, 0) is 13.6 Å². The van der Waals surface area contributed by atoms with E-state index in [1.54, 1.807) is 6.33 Å². The molecule has 1 aliphatic rings. The van der Waals surface area contributed by atoms with E-state index >= 15 is 0 Å². The molecule has 0 aliphatic carbocycles. The summed E-state index contributed by atoms with van der Waals surface area (Å²) in [5, 5.41) is 7.86. The molecule has 0 amide bonds. The third kappa shape index (κ3) is 3.34. The van der Waals surface area contributed by atoms with Crippen LogP contribution in [0.1, 0.15) is 33.5 Å². The van der Waals surface area contributed by atoms with Gasteiger partial charge >= 0.3 is 0 Å². The Balaban J connectivity index is 2.09. The zero-order chi connectivity index (χ0) is 14.0. The molecule has 19 heavy (non-hydrogen) atoms. The summed E-state index contributed by atoms with van der Waals surface area (Å²) in [5.41, 5.74) is 0. The number of nitrogens with zero attached hydrogens (tertiary/aromatic N) is 4. The second-order valence-corrected chi connectivity index (χ2v) is 6.30. The summed E-state index contributed by atoms with van der Waals surface area (Å²) in [6, 6.07) is 1.15. The summed E-state index contributed by atoms with van der Waals surface area (Å²) in [5.74, 6) is 2.36. The largest absolute Gasteiger partial charge is 0.311 e. The van der Waals surface area contributed by atoms with Crippen LogP contribution in [0.5, 0.6) is 0 Å². The van der Waals surface area contributed by atoms with Crippen molar-refractivity contribution in [3.8, 4) is 0 Å². The fourth-order valence-corrected chi connectivity index (χ4v) is 2.78. The van der Waals surface area contributed by atoms with Gasteiger partial charge in [0.1, 0.15) is 12.2 Å². The van der Waals surface area contributed by atoms with Crippen LogP contribution in [0.3, 0.4) is 0 Å². The molecule has 1 aliphatic heterocycles. The van der Waals surface area contributed by atoms with E-state index in [1.165, 1.54) is 0 Å². The van der Waals surface area contributed by atoms with E-state index in [0.29, 0.717) is 23.9 Å². The van der Waals surface area contributed by atoms with Crippen molar-refractivity contribution in [1.82, 2.24) is 25.0 Å². The summed E-state index contributed by atoms with van der Waals surface area (Å²) in [4.78, 5) is 6.93. The lowest BCUT2D eigenvalue weighted by Crippen LogP contribution is -2.59. The molecular formula is C14H27N5. The van der Waals surface area contributed by atoms with Crippen molar-refractivity contribution in [3.05, 3.63) is 12.2 Å². The van der Waals surface area contributed by atoms with Gasteiger partial charge in [-0.2, -0.15) is 5.10 Å². The van der Waals surface area contributed by atoms with E-state index < -0.39 is 0 Å². The summed E-state index contributed by atoms with van der Waals surface area (Å²) in [7, 11) is 1.97. The molecule has 0 aromatic carbocycles. The zero-order valence-electron chi connectivity index (χ0n) is 12.8. The predicted molar refractivity (Wildman–Crippen MR) is 76.7 cm³/mol. The highest BCUT2D eigenvalue weighted by Crippen LogP contribution is 2.20.